The summed E-state index contributed by atoms with van der Waals surface area (Å²) in [7, 11) is 2.10. The Morgan fingerprint density at radius 3 is 2.81 bits per heavy atom. The summed E-state index contributed by atoms with van der Waals surface area (Å²) in [4.78, 5) is 2.24. The second kappa shape index (κ2) is 6.51. The van der Waals surface area contributed by atoms with Gasteiger partial charge in [-0.25, -0.2) is 0 Å². The maximum Gasteiger partial charge on any atom is 0.122 e. The number of furan rings is 1. The van der Waals surface area contributed by atoms with Crippen LogP contribution in [0.25, 0.3) is 0 Å². The molecule has 0 bridgehead atoms. The van der Waals surface area contributed by atoms with Crippen molar-refractivity contribution in [2.75, 3.05) is 33.4 Å². The maximum atomic E-state index is 6.04. The quantitative estimate of drug-likeness (QED) is 0.711. The van der Waals surface area contributed by atoms with E-state index in [9.17, 15) is 0 Å². The number of nitrogens with two attached hydrogens (primary N) is 1. The molecule has 2 aliphatic rings. The SMILES string of the molecule is CC1CC1c1ccc(C(CN)N(C)CCOCC2CC2)o1. The minimum Gasteiger partial charge on any atom is -0.464 e. The first-order chi connectivity index (χ1) is 10.2. The van der Waals surface area contributed by atoms with E-state index in [1.807, 2.05) is 0 Å². The van der Waals surface area contributed by atoms with Gasteiger partial charge < -0.3 is 14.9 Å². The van der Waals surface area contributed by atoms with Crippen molar-refractivity contribution in [3.8, 4) is 0 Å². The largest absolute Gasteiger partial charge is 0.464 e. The van der Waals surface area contributed by atoms with Crippen LogP contribution in [0.1, 0.15) is 49.7 Å². The maximum absolute atomic E-state index is 6.04. The highest BCUT2D eigenvalue weighted by molar-refractivity contribution is 5.19. The van der Waals surface area contributed by atoms with Gasteiger partial charge in [-0.2, -0.15) is 0 Å². The van der Waals surface area contributed by atoms with Gasteiger partial charge in [0.25, 0.3) is 0 Å². The molecular formula is C17H28N2O2. The Kier molecular flexibility index (Phi) is 4.67. The topological polar surface area (TPSA) is 51.6 Å². The van der Waals surface area contributed by atoms with E-state index in [1.54, 1.807) is 0 Å². The van der Waals surface area contributed by atoms with Crippen LogP contribution < -0.4 is 5.73 Å². The summed E-state index contributed by atoms with van der Waals surface area (Å²) in [5.41, 5.74) is 5.95. The highest BCUT2D eigenvalue weighted by Crippen LogP contribution is 2.47. The number of ether oxygens (including phenoxy) is 1. The molecule has 1 aromatic rings. The van der Waals surface area contributed by atoms with Crippen LogP contribution in [0.2, 0.25) is 0 Å². The molecule has 2 N–H and O–H groups in total. The molecule has 1 heterocycles. The minimum absolute atomic E-state index is 0.150. The van der Waals surface area contributed by atoms with Crippen LogP contribution in [0.3, 0.4) is 0 Å². The van der Waals surface area contributed by atoms with Gasteiger partial charge in [0, 0.05) is 25.6 Å². The second-order valence-corrected chi connectivity index (χ2v) is 6.81. The molecule has 1 aromatic heterocycles. The number of likely N-dealkylation sites (N-methyl/N-ethyl adjacent to an activating group) is 1. The van der Waals surface area contributed by atoms with E-state index in [0.29, 0.717) is 12.5 Å². The van der Waals surface area contributed by atoms with Gasteiger partial charge >= 0.3 is 0 Å². The van der Waals surface area contributed by atoms with Crippen molar-refractivity contribution in [3.05, 3.63) is 23.7 Å². The first-order valence-electron chi connectivity index (χ1n) is 8.26. The van der Waals surface area contributed by atoms with Gasteiger partial charge in [0.05, 0.1) is 12.6 Å². The van der Waals surface area contributed by atoms with Crippen LogP contribution in [0.15, 0.2) is 16.5 Å². The molecule has 4 nitrogen and oxygen atoms in total. The van der Waals surface area contributed by atoms with E-state index in [2.05, 4.69) is 31.0 Å². The lowest BCUT2D eigenvalue weighted by Gasteiger charge is -2.25. The van der Waals surface area contributed by atoms with Crippen molar-refractivity contribution in [2.24, 2.45) is 17.6 Å². The molecule has 21 heavy (non-hydrogen) atoms. The Hall–Kier alpha value is -0.840. The lowest BCUT2D eigenvalue weighted by Crippen LogP contribution is -2.33. The van der Waals surface area contributed by atoms with Crippen LogP contribution in [-0.2, 0) is 4.74 Å². The molecule has 0 spiro atoms. The molecule has 0 saturated heterocycles. The van der Waals surface area contributed by atoms with E-state index in [-0.39, 0.29) is 6.04 Å². The van der Waals surface area contributed by atoms with Crippen LogP contribution >= 0.6 is 0 Å². The van der Waals surface area contributed by atoms with Gasteiger partial charge in [-0.3, -0.25) is 4.90 Å². The molecule has 2 aliphatic carbocycles. The number of hydrogen-bond donors (Lipinski definition) is 1. The molecule has 3 atom stereocenters. The standard InChI is InChI=1S/C17H28N2O2/c1-12-9-14(12)16-5-6-17(21-16)15(10-18)19(2)7-8-20-11-13-3-4-13/h5-6,12-15H,3-4,7-11,18H2,1-2H3. The zero-order valence-electron chi connectivity index (χ0n) is 13.3. The fourth-order valence-electron chi connectivity index (χ4n) is 2.88. The lowest BCUT2D eigenvalue weighted by molar-refractivity contribution is 0.0885. The highest BCUT2D eigenvalue weighted by atomic mass is 16.5. The predicted octanol–water partition coefficient (Wildman–Crippen LogP) is 2.76. The molecule has 0 aliphatic heterocycles. The Morgan fingerprint density at radius 2 is 2.19 bits per heavy atom. The smallest absolute Gasteiger partial charge is 0.122 e. The van der Waals surface area contributed by atoms with Crippen molar-refractivity contribution in [2.45, 2.75) is 38.1 Å². The van der Waals surface area contributed by atoms with Crippen molar-refractivity contribution in [1.29, 1.82) is 0 Å². The highest BCUT2D eigenvalue weighted by Gasteiger charge is 2.37. The summed E-state index contributed by atoms with van der Waals surface area (Å²) in [6, 6.07) is 4.38. The van der Waals surface area contributed by atoms with Gasteiger partial charge in [0.15, 0.2) is 0 Å². The third-order valence-corrected chi connectivity index (χ3v) is 4.85. The fraction of sp³-hybridized carbons (Fsp3) is 0.765. The molecular weight excluding hydrogens is 264 g/mol. The molecule has 0 radical (unpaired) electrons. The summed E-state index contributed by atoms with van der Waals surface area (Å²) < 4.78 is 11.8. The Bertz CT molecular complexity index is 455. The summed E-state index contributed by atoms with van der Waals surface area (Å²) in [6.07, 6.45) is 3.94. The lowest BCUT2D eigenvalue weighted by atomic mass is 10.2. The Labute approximate surface area is 127 Å². The van der Waals surface area contributed by atoms with Crippen molar-refractivity contribution in [3.63, 3.8) is 0 Å². The average Bonchev–Trinajstić information content (AvgIpc) is 3.38. The van der Waals surface area contributed by atoms with Gasteiger partial charge in [-0.05, 0) is 50.3 Å². The van der Waals surface area contributed by atoms with Crippen LogP contribution in [0.4, 0.5) is 0 Å². The number of hydrogen-bond acceptors (Lipinski definition) is 4. The van der Waals surface area contributed by atoms with Gasteiger partial charge in [-0.15, -0.1) is 0 Å². The number of rotatable bonds is 9. The van der Waals surface area contributed by atoms with E-state index in [0.717, 1.165) is 43.1 Å². The molecule has 4 heteroatoms. The third-order valence-electron chi connectivity index (χ3n) is 4.85. The van der Waals surface area contributed by atoms with Gasteiger partial charge in [0.2, 0.25) is 0 Å². The molecule has 0 aromatic carbocycles. The van der Waals surface area contributed by atoms with Crippen molar-refractivity contribution >= 4 is 0 Å². The predicted molar refractivity (Wildman–Crippen MR) is 83.2 cm³/mol. The van der Waals surface area contributed by atoms with Crippen LogP contribution in [0.5, 0.6) is 0 Å². The van der Waals surface area contributed by atoms with E-state index >= 15 is 0 Å². The zero-order valence-corrected chi connectivity index (χ0v) is 13.3. The van der Waals surface area contributed by atoms with Crippen LogP contribution in [0, 0.1) is 11.8 Å². The average molecular weight is 292 g/mol. The minimum atomic E-state index is 0.150. The summed E-state index contributed by atoms with van der Waals surface area (Å²) in [6.45, 7) is 5.44. The molecule has 0 amide bonds. The van der Waals surface area contributed by atoms with Crippen LogP contribution in [-0.4, -0.2) is 38.3 Å². The molecule has 2 saturated carbocycles. The summed E-state index contributed by atoms with van der Waals surface area (Å²) >= 11 is 0. The first-order valence-corrected chi connectivity index (χ1v) is 8.26. The normalized spacial score (nSPS) is 26.3. The molecule has 118 valence electrons. The fourth-order valence-corrected chi connectivity index (χ4v) is 2.88. The molecule has 3 rings (SSSR count). The van der Waals surface area contributed by atoms with Crippen molar-refractivity contribution < 1.29 is 9.15 Å². The number of nitrogens with zero attached hydrogens (tertiary/aromatic N) is 1. The van der Waals surface area contributed by atoms with E-state index in [4.69, 9.17) is 14.9 Å². The second-order valence-electron chi connectivity index (χ2n) is 6.81. The Morgan fingerprint density at radius 1 is 1.43 bits per heavy atom. The van der Waals surface area contributed by atoms with E-state index < -0.39 is 0 Å². The first kappa shape index (κ1) is 15.1. The molecule has 3 unspecified atom stereocenters. The Balaban J connectivity index is 1.49. The monoisotopic (exact) mass is 292 g/mol. The summed E-state index contributed by atoms with van der Waals surface area (Å²) in [5, 5.41) is 0. The van der Waals surface area contributed by atoms with Gasteiger partial charge in [0.1, 0.15) is 11.5 Å². The van der Waals surface area contributed by atoms with Crippen molar-refractivity contribution in [1.82, 2.24) is 4.90 Å². The van der Waals surface area contributed by atoms with Gasteiger partial charge in [-0.1, -0.05) is 6.92 Å². The zero-order chi connectivity index (χ0) is 14.8. The third kappa shape index (κ3) is 3.87. The molecule has 2 fully saturated rings. The summed E-state index contributed by atoms with van der Waals surface area (Å²) in [5.74, 6) is 4.36. The van der Waals surface area contributed by atoms with E-state index in [1.165, 1.54) is 19.3 Å².